The molecule has 1 fully saturated rings. The first-order valence-corrected chi connectivity index (χ1v) is 9.71. The molecule has 1 aliphatic carbocycles. The number of hydrogen-bond acceptors (Lipinski definition) is 5. The van der Waals surface area contributed by atoms with E-state index < -0.39 is 0 Å². The summed E-state index contributed by atoms with van der Waals surface area (Å²) >= 11 is 0. The molecule has 3 aromatic rings. The van der Waals surface area contributed by atoms with Crippen molar-refractivity contribution in [2.45, 2.75) is 46.0 Å². The lowest BCUT2D eigenvalue weighted by atomic mass is 9.98. The first kappa shape index (κ1) is 16.4. The maximum absolute atomic E-state index is 4.95. The van der Waals surface area contributed by atoms with Crippen molar-refractivity contribution in [1.82, 2.24) is 19.6 Å². The molecule has 0 radical (unpaired) electrons. The Kier molecular flexibility index (Phi) is 3.57. The molecule has 1 saturated carbocycles. The Balaban J connectivity index is 1.47. The van der Waals surface area contributed by atoms with Crippen LogP contribution in [0.5, 0.6) is 0 Å². The zero-order chi connectivity index (χ0) is 18.6. The molecule has 5 rings (SSSR count). The predicted octanol–water partition coefficient (Wildman–Crippen LogP) is 4.60. The van der Waals surface area contributed by atoms with Crippen LogP contribution in [0.1, 0.15) is 51.6 Å². The number of fused-ring (bicyclic) bond motifs is 2. The van der Waals surface area contributed by atoms with Gasteiger partial charge in [0.15, 0.2) is 0 Å². The van der Waals surface area contributed by atoms with Crippen LogP contribution >= 0.6 is 0 Å². The lowest BCUT2D eigenvalue weighted by Gasteiger charge is -2.10. The number of rotatable bonds is 5. The molecule has 138 valence electrons. The van der Waals surface area contributed by atoms with Crippen molar-refractivity contribution in [2.24, 2.45) is 10.4 Å². The summed E-state index contributed by atoms with van der Waals surface area (Å²) in [6, 6.07) is 6.19. The van der Waals surface area contributed by atoms with E-state index in [2.05, 4.69) is 53.3 Å². The summed E-state index contributed by atoms with van der Waals surface area (Å²) in [5, 5.41) is 7.98. The summed E-state index contributed by atoms with van der Waals surface area (Å²) in [4.78, 5) is 14.1. The van der Waals surface area contributed by atoms with Crippen LogP contribution in [0, 0.1) is 5.41 Å². The van der Waals surface area contributed by atoms with Crippen LogP contribution in [0.25, 0.3) is 16.8 Å². The highest BCUT2D eigenvalue weighted by molar-refractivity contribution is 5.96. The molecular formula is C21H24N6. The topological polar surface area (TPSA) is 67.5 Å². The van der Waals surface area contributed by atoms with Gasteiger partial charge in [0.2, 0.25) is 5.95 Å². The fourth-order valence-corrected chi connectivity index (χ4v) is 3.80. The highest BCUT2D eigenvalue weighted by Crippen LogP contribution is 2.44. The third-order valence-corrected chi connectivity index (χ3v) is 5.91. The van der Waals surface area contributed by atoms with Gasteiger partial charge in [0.05, 0.1) is 28.8 Å². The van der Waals surface area contributed by atoms with E-state index in [-0.39, 0.29) is 0 Å². The smallest absolute Gasteiger partial charge is 0.241 e. The van der Waals surface area contributed by atoms with Crippen molar-refractivity contribution in [3.8, 4) is 11.3 Å². The highest BCUT2D eigenvalue weighted by Gasteiger charge is 2.37. The van der Waals surface area contributed by atoms with E-state index in [1.54, 1.807) is 0 Å². The van der Waals surface area contributed by atoms with Gasteiger partial charge < -0.3 is 5.32 Å². The first-order valence-electron chi connectivity index (χ1n) is 9.71. The SMILES string of the molecule is CCC1C(C)=Nc2ccc(-c3ccn4nc(NCC5(C)CC5)ncc34)nc21. The average Bonchev–Trinajstić information content (AvgIpc) is 3.13. The maximum Gasteiger partial charge on any atom is 0.241 e. The summed E-state index contributed by atoms with van der Waals surface area (Å²) in [5.74, 6) is 0.999. The Hall–Kier alpha value is -2.76. The van der Waals surface area contributed by atoms with Crippen molar-refractivity contribution < 1.29 is 0 Å². The van der Waals surface area contributed by atoms with Gasteiger partial charge in [0.25, 0.3) is 0 Å². The lowest BCUT2D eigenvalue weighted by Crippen LogP contribution is -2.14. The normalized spacial score (nSPS) is 19.8. The second-order valence-corrected chi connectivity index (χ2v) is 8.12. The number of nitrogens with one attached hydrogen (secondary N) is 1. The Labute approximate surface area is 158 Å². The number of aliphatic imine (C=N–C) groups is 1. The molecule has 1 N–H and O–H groups in total. The molecule has 0 aromatic carbocycles. The van der Waals surface area contributed by atoms with Gasteiger partial charge in [0.1, 0.15) is 0 Å². The summed E-state index contributed by atoms with van der Waals surface area (Å²) < 4.78 is 1.88. The molecular weight excluding hydrogens is 336 g/mol. The quantitative estimate of drug-likeness (QED) is 0.722. The van der Waals surface area contributed by atoms with Crippen LogP contribution in [-0.2, 0) is 0 Å². The van der Waals surface area contributed by atoms with Gasteiger partial charge in [0, 0.05) is 29.9 Å². The Bertz CT molecular complexity index is 1060. The van der Waals surface area contributed by atoms with Gasteiger partial charge >= 0.3 is 0 Å². The van der Waals surface area contributed by atoms with Crippen LogP contribution in [0.2, 0.25) is 0 Å². The minimum Gasteiger partial charge on any atom is -0.352 e. The minimum absolute atomic E-state index is 0.324. The van der Waals surface area contributed by atoms with Crippen LogP contribution in [-0.4, -0.2) is 31.8 Å². The monoisotopic (exact) mass is 360 g/mol. The molecule has 6 nitrogen and oxygen atoms in total. The fraction of sp³-hybridized carbons (Fsp3) is 0.429. The maximum atomic E-state index is 4.95. The number of anilines is 1. The van der Waals surface area contributed by atoms with E-state index in [9.17, 15) is 0 Å². The van der Waals surface area contributed by atoms with Gasteiger partial charge in [-0.1, -0.05) is 13.8 Å². The van der Waals surface area contributed by atoms with E-state index in [4.69, 9.17) is 4.98 Å². The van der Waals surface area contributed by atoms with Crippen molar-refractivity contribution in [3.63, 3.8) is 0 Å². The number of pyridine rings is 1. The summed E-state index contributed by atoms with van der Waals surface area (Å²) in [6.45, 7) is 7.50. The third kappa shape index (κ3) is 2.80. The number of aromatic nitrogens is 4. The summed E-state index contributed by atoms with van der Waals surface area (Å²) in [6.07, 6.45) is 7.44. The van der Waals surface area contributed by atoms with E-state index in [1.807, 2.05) is 23.0 Å². The standard InChI is InChI=1S/C21H24N6/c1-4-14-13(2)24-17-6-5-16(25-19(14)17)15-7-10-27-18(15)11-22-20(26-27)23-12-21(3)8-9-21/h5-7,10-11,14H,4,8-9,12H2,1-3H3,(H,23,26). The lowest BCUT2D eigenvalue weighted by molar-refractivity contribution is 0.606. The molecule has 0 amide bonds. The molecule has 1 atom stereocenters. The van der Waals surface area contributed by atoms with E-state index in [1.165, 1.54) is 12.8 Å². The number of nitrogens with zero attached hydrogens (tertiary/aromatic N) is 5. The summed E-state index contributed by atoms with van der Waals surface area (Å²) in [5.41, 5.74) is 6.64. The van der Waals surface area contributed by atoms with Crippen molar-refractivity contribution in [1.29, 1.82) is 0 Å². The molecule has 1 unspecified atom stereocenters. The molecule has 0 bridgehead atoms. The van der Waals surface area contributed by atoms with Crippen LogP contribution in [0.4, 0.5) is 11.6 Å². The van der Waals surface area contributed by atoms with E-state index in [0.29, 0.717) is 17.3 Å². The van der Waals surface area contributed by atoms with Crippen molar-refractivity contribution in [3.05, 3.63) is 36.3 Å². The third-order valence-electron chi connectivity index (χ3n) is 5.91. The van der Waals surface area contributed by atoms with Gasteiger partial charge in [-0.25, -0.2) is 14.5 Å². The average molecular weight is 360 g/mol. The Morgan fingerprint density at radius 2 is 2.11 bits per heavy atom. The summed E-state index contributed by atoms with van der Waals surface area (Å²) in [7, 11) is 0. The van der Waals surface area contributed by atoms with Crippen LogP contribution < -0.4 is 5.32 Å². The molecule has 0 saturated heterocycles. The molecule has 3 aromatic heterocycles. The number of hydrogen-bond donors (Lipinski definition) is 1. The molecule has 6 heteroatoms. The molecule has 0 spiro atoms. The van der Waals surface area contributed by atoms with E-state index >= 15 is 0 Å². The Morgan fingerprint density at radius 1 is 1.26 bits per heavy atom. The highest BCUT2D eigenvalue weighted by atomic mass is 15.3. The van der Waals surface area contributed by atoms with Crippen molar-refractivity contribution in [2.75, 3.05) is 11.9 Å². The minimum atomic E-state index is 0.324. The van der Waals surface area contributed by atoms with Gasteiger partial charge in [-0.15, -0.1) is 5.10 Å². The zero-order valence-corrected chi connectivity index (χ0v) is 16.0. The van der Waals surface area contributed by atoms with E-state index in [0.717, 1.165) is 46.8 Å². The molecule has 27 heavy (non-hydrogen) atoms. The predicted molar refractivity (Wildman–Crippen MR) is 108 cm³/mol. The van der Waals surface area contributed by atoms with Gasteiger partial charge in [-0.3, -0.25) is 4.99 Å². The molecule has 1 aliphatic heterocycles. The molecule has 4 heterocycles. The van der Waals surface area contributed by atoms with Gasteiger partial charge in [-0.2, -0.15) is 0 Å². The molecule has 2 aliphatic rings. The van der Waals surface area contributed by atoms with Crippen LogP contribution in [0.15, 0.2) is 35.6 Å². The largest absolute Gasteiger partial charge is 0.352 e. The first-order chi connectivity index (χ1) is 13.1. The zero-order valence-electron chi connectivity index (χ0n) is 16.0. The van der Waals surface area contributed by atoms with Crippen LogP contribution in [0.3, 0.4) is 0 Å². The second-order valence-electron chi connectivity index (χ2n) is 8.12. The van der Waals surface area contributed by atoms with Crippen molar-refractivity contribution >= 4 is 22.9 Å². The Morgan fingerprint density at radius 3 is 2.89 bits per heavy atom. The fourth-order valence-electron chi connectivity index (χ4n) is 3.80. The van der Waals surface area contributed by atoms with Gasteiger partial charge in [-0.05, 0) is 49.8 Å². The second kappa shape index (κ2) is 5.87.